The molecule has 1 aliphatic heterocycles. The fraction of sp³-hybridized carbons (Fsp3) is 0.429. The van der Waals surface area contributed by atoms with Crippen LogP contribution in [-0.2, 0) is 15.8 Å². The Morgan fingerprint density at radius 1 is 1.00 bits per heavy atom. The smallest absolute Gasteiger partial charge is 0.346 e. The maximum absolute atomic E-state index is 12.6. The van der Waals surface area contributed by atoms with Crippen LogP contribution in [0.3, 0.4) is 0 Å². The summed E-state index contributed by atoms with van der Waals surface area (Å²) in [5.74, 6) is -1.72. The molecule has 0 unspecified atom stereocenters. The molecule has 2 amide bonds. The second kappa shape index (κ2) is 10.1. The van der Waals surface area contributed by atoms with Gasteiger partial charge in [0.1, 0.15) is 0 Å². The first kappa shape index (κ1) is 22.3. The van der Waals surface area contributed by atoms with Crippen molar-refractivity contribution in [2.75, 3.05) is 25.0 Å². The molecule has 2 aromatic rings. The summed E-state index contributed by atoms with van der Waals surface area (Å²) in [6.07, 6.45) is 0.124. The van der Waals surface area contributed by atoms with Crippen molar-refractivity contribution in [1.82, 2.24) is 10.2 Å². The van der Waals surface area contributed by atoms with E-state index in [4.69, 9.17) is 0 Å². The standard InChI is InChI=1S/C21H24F3N3O2S/c22-21(23,24)16-5-7-17(8-6-16)26-20(29)19(28)25-13-18(15-9-12-30-14-15)27-10-3-1-2-4-11-27/h5-9,12,14,18H,1-4,10-11,13H2,(H,25,28)(H,26,29)/t18-/m0/s1. The zero-order valence-corrected chi connectivity index (χ0v) is 17.2. The van der Waals surface area contributed by atoms with Crippen LogP contribution in [0.1, 0.15) is 42.9 Å². The minimum Gasteiger partial charge on any atom is -0.346 e. The molecule has 30 heavy (non-hydrogen) atoms. The van der Waals surface area contributed by atoms with Crippen LogP contribution < -0.4 is 10.6 Å². The summed E-state index contributed by atoms with van der Waals surface area (Å²) < 4.78 is 37.9. The number of anilines is 1. The zero-order valence-electron chi connectivity index (χ0n) is 16.4. The van der Waals surface area contributed by atoms with Crippen molar-refractivity contribution < 1.29 is 22.8 Å². The number of hydrogen-bond acceptors (Lipinski definition) is 4. The van der Waals surface area contributed by atoms with Gasteiger partial charge >= 0.3 is 18.0 Å². The molecule has 1 atom stereocenters. The molecule has 0 saturated carbocycles. The van der Waals surface area contributed by atoms with Gasteiger partial charge in [-0.25, -0.2) is 0 Å². The molecule has 3 rings (SSSR count). The van der Waals surface area contributed by atoms with Crippen molar-refractivity contribution in [3.05, 3.63) is 52.2 Å². The third kappa shape index (κ3) is 6.06. The average Bonchev–Trinajstić information content (AvgIpc) is 3.10. The maximum Gasteiger partial charge on any atom is 0.416 e. The molecule has 2 N–H and O–H groups in total. The Morgan fingerprint density at radius 2 is 1.67 bits per heavy atom. The number of nitrogens with zero attached hydrogens (tertiary/aromatic N) is 1. The Hall–Kier alpha value is -2.39. The topological polar surface area (TPSA) is 61.4 Å². The first-order chi connectivity index (χ1) is 14.3. The number of benzene rings is 1. The van der Waals surface area contributed by atoms with Gasteiger partial charge in [-0.1, -0.05) is 12.8 Å². The molecule has 1 aromatic heterocycles. The van der Waals surface area contributed by atoms with Gasteiger partial charge in [0.15, 0.2) is 0 Å². The second-order valence-electron chi connectivity index (χ2n) is 7.26. The fourth-order valence-electron chi connectivity index (χ4n) is 3.53. The van der Waals surface area contributed by atoms with Gasteiger partial charge in [-0.15, -0.1) is 0 Å². The van der Waals surface area contributed by atoms with Crippen molar-refractivity contribution in [2.45, 2.75) is 37.9 Å². The van der Waals surface area contributed by atoms with E-state index in [1.165, 1.54) is 12.8 Å². The summed E-state index contributed by atoms with van der Waals surface area (Å²) in [4.78, 5) is 26.8. The molecule has 1 fully saturated rings. The number of nitrogens with one attached hydrogen (secondary N) is 2. The van der Waals surface area contributed by atoms with Crippen LogP contribution >= 0.6 is 11.3 Å². The highest BCUT2D eigenvalue weighted by Crippen LogP contribution is 2.30. The van der Waals surface area contributed by atoms with E-state index in [-0.39, 0.29) is 18.3 Å². The summed E-state index contributed by atoms with van der Waals surface area (Å²) in [6.45, 7) is 2.16. The van der Waals surface area contributed by atoms with Crippen molar-refractivity contribution >= 4 is 28.8 Å². The molecule has 0 radical (unpaired) electrons. The number of carbonyl (C=O) groups is 2. The SMILES string of the molecule is O=C(NC[C@@H](c1ccsc1)N1CCCCCC1)C(=O)Nc1ccc(C(F)(F)F)cc1. The zero-order chi connectivity index (χ0) is 21.6. The molecule has 1 aliphatic rings. The lowest BCUT2D eigenvalue weighted by Gasteiger charge is -2.30. The summed E-state index contributed by atoms with van der Waals surface area (Å²) in [6, 6.07) is 5.98. The van der Waals surface area contributed by atoms with Crippen molar-refractivity contribution in [3.8, 4) is 0 Å². The molecule has 2 heterocycles. The number of hydrogen-bond donors (Lipinski definition) is 2. The third-order valence-corrected chi connectivity index (χ3v) is 5.84. The largest absolute Gasteiger partial charge is 0.416 e. The Morgan fingerprint density at radius 3 is 2.23 bits per heavy atom. The second-order valence-corrected chi connectivity index (χ2v) is 8.04. The van der Waals surface area contributed by atoms with Crippen LogP contribution in [0.4, 0.5) is 18.9 Å². The van der Waals surface area contributed by atoms with Gasteiger partial charge in [-0.3, -0.25) is 14.5 Å². The number of thiophene rings is 1. The molecule has 0 spiro atoms. The number of amides is 2. The van der Waals surface area contributed by atoms with E-state index in [0.717, 1.165) is 55.8 Å². The molecular weight excluding hydrogens is 415 g/mol. The Labute approximate surface area is 177 Å². The van der Waals surface area contributed by atoms with Crippen LogP contribution in [-0.4, -0.2) is 36.3 Å². The summed E-state index contributed by atoms with van der Waals surface area (Å²) in [5.41, 5.74) is 0.413. The normalized spacial score (nSPS) is 16.5. The van der Waals surface area contributed by atoms with Crippen LogP contribution in [0, 0.1) is 0 Å². The van der Waals surface area contributed by atoms with E-state index in [1.807, 2.05) is 16.8 Å². The van der Waals surface area contributed by atoms with Crippen molar-refractivity contribution in [1.29, 1.82) is 0 Å². The lowest BCUT2D eigenvalue weighted by molar-refractivity contribution is -0.137. The monoisotopic (exact) mass is 439 g/mol. The van der Waals surface area contributed by atoms with Crippen molar-refractivity contribution in [3.63, 3.8) is 0 Å². The maximum atomic E-state index is 12.6. The van der Waals surface area contributed by atoms with E-state index >= 15 is 0 Å². The van der Waals surface area contributed by atoms with Crippen LogP contribution in [0.5, 0.6) is 0 Å². The number of alkyl halides is 3. The van der Waals surface area contributed by atoms with E-state index in [2.05, 4.69) is 15.5 Å². The number of likely N-dealkylation sites (tertiary alicyclic amines) is 1. The summed E-state index contributed by atoms with van der Waals surface area (Å²) >= 11 is 1.58. The van der Waals surface area contributed by atoms with Crippen LogP contribution in [0.2, 0.25) is 0 Å². The molecule has 5 nitrogen and oxygen atoms in total. The van der Waals surface area contributed by atoms with Gasteiger partial charge in [0, 0.05) is 12.2 Å². The van der Waals surface area contributed by atoms with Crippen LogP contribution in [0.25, 0.3) is 0 Å². The molecule has 0 bridgehead atoms. The lowest BCUT2D eigenvalue weighted by Crippen LogP contribution is -2.42. The molecule has 162 valence electrons. The average molecular weight is 440 g/mol. The van der Waals surface area contributed by atoms with Crippen LogP contribution in [0.15, 0.2) is 41.1 Å². The van der Waals surface area contributed by atoms with Crippen molar-refractivity contribution in [2.24, 2.45) is 0 Å². The summed E-state index contributed by atoms with van der Waals surface area (Å²) in [5, 5.41) is 9.05. The van der Waals surface area contributed by atoms with Gasteiger partial charge in [-0.05, 0) is 72.6 Å². The molecule has 0 aliphatic carbocycles. The number of rotatable bonds is 5. The van der Waals surface area contributed by atoms with Gasteiger partial charge in [0.25, 0.3) is 0 Å². The van der Waals surface area contributed by atoms with Gasteiger partial charge in [0.05, 0.1) is 11.6 Å². The highest BCUT2D eigenvalue weighted by Gasteiger charge is 2.30. The lowest BCUT2D eigenvalue weighted by atomic mass is 10.1. The molecule has 9 heteroatoms. The third-order valence-electron chi connectivity index (χ3n) is 5.14. The first-order valence-electron chi connectivity index (χ1n) is 9.87. The minimum absolute atomic E-state index is 0.0165. The van der Waals surface area contributed by atoms with Gasteiger partial charge in [-0.2, -0.15) is 24.5 Å². The van der Waals surface area contributed by atoms with Gasteiger partial charge < -0.3 is 10.6 Å². The number of carbonyl (C=O) groups excluding carboxylic acids is 2. The van der Waals surface area contributed by atoms with Gasteiger partial charge in [0.2, 0.25) is 0 Å². The number of halogens is 3. The molecule has 1 aromatic carbocycles. The van der Waals surface area contributed by atoms with E-state index in [9.17, 15) is 22.8 Å². The molecular formula is C21H24F3N3O2S. The van der Waals surface area contributed by atoms with E-state index in [0.29, 0.717) is 0 Å². The fourth-order valence-corrected chi connectivity index (χ4v) is 4.24. The van der Waals surface area contributed by atoms with E-state index in [1.54, 1.807) is 11.3 Å². The Balaban J connectivity index is 1.58. The predicted molar refractivity (Wildman–Crippen MR) is 110 cm³/mol. The quantitative estimate of drug-likeness (QED) is 0.678. The Kier molecular flexibility index (Phi) is 7.49. The predicted octanol–water partition coefficient (Wildman–Crippen LogP) is 4.44. The Bertz CT molecular complexity index is 830. The van der Waals surface area contributed by atoms with E-state index < -0.39 is 23.6 Å². The minimum atomic E-state index is -4.45. The first-order valence-corrected chi connectivity index (χ1v) is 10.8. The molecule has 1 saturated heterocycles. The summed E-state index contributed by atoms with van der Waals surface area (Å²) in [7, 11) is 0. The highest BCUT2D eigenvalue weighted by molar-refractivity contribution is 7.08. The highest BCUT2D eigenvalue weighted by atomic mass is 32.1.